The number of hydrogen-bond acceptors (Lipinski definition) is 6. The monoisotopic (exact) mass is 461 g/mol. The highest BCUT2D eigenvalue weighted by Gasteiger charge is 2.45. The molecule has 1 aromatic heterocycles. The zero-order chi connectivity index (χ0) is 23.1. The Morgan fingerprint density at radius 3 is 2.53 bits per heavy atom. The molecule has 2 aliphatic rings. The number of hydrogen-bond donors (Lipinski definition) is 1. The highest BCUT2D eigenvalue weighted by atomic mass is 32.2. The van der Waals surface area contributed by atoms with Crippen molar-refractivity contribution in [2.45, 2.75) is 37.6 Å². The fraction of sp³-hybridized carbons (Fsp3) is 0.455. The topological polar surface area (TPSA) is 109 Å². The molecule has 3 heterocycles. The molecule has 0 saturated carbocycles. The summed E-state index contributed by atoms with van der Waals surface area (Å²) in [4.78, 5) is 27.2. The van der Waals surface area contributed by atoms with Gasteiger partial charge >= 0.3 is 0 Å². The van der Waals surface area contributed by atoms with Crippen molar-refractivity contribution in [3.63, 3.8) is 0 Å². The smallest absolute Gasteiger partial charge is 0.243 e. The average molecular weight is 462 g/mol. The van der Waals surface area contributed by atoms with Gasteiger partial charge in [-0.3, -0.25) is 9.59 Å². The quantitative estimate of drug-likeness (QED) is 0.699. The van der Waals surface area contributed by atoms with Crippen LogP contribution in [0.15, 0.2) is 39.6 Å². The van der Waals surface area contributed by atoms with E-state index in [9.17, 15) is 18.0 Å². The second kappa shape index (κ2) is 8.34. The van der Waals surface area contributed by atoms with E-state index in [-0.39, 0.29) is 29.8 Å². The fourth-order valence-electron chi connectivity index (χ4n) is 4.03. The maximum absolute atomic E-state index is 13.1. The Morgan fingerprint density at radius 2 is 1.88 bits per heavy atom. The van der Waals surface area contributed by atoms with Gasteiger partial charge in [0.05, 0.1) is 30.1 Å². The van der Waals surface area contributed by atoms with Gasteiger partial charge in [-0.1, -0.05) is 0 Å². The van der Waals surface area contributed by atoms with Crippen LogP contribution in [0.25, 0.3) is 0 Å². The molecule has 0 unspecified atom stereocenters. The first kappa shape index (κ1) is 22.5. The first-order valence-corrected chi connectivity index (χ1v) is 11.9. The van der Waals surface area contributed by atoms with Crippen molar-refractivity contribution < 1.29 is 27.2 Å². The normalized spacial score (nSPS) is 18.6. The Kier molecular flexibility index (Phi) is 5.87. The lowest BCUT2D eigenvalue weighted by atomic mass is 9.86. The van der Waals surface area contributed by atoms with Crippen molar-refractivity contribution >= 4 is 27.5 Å². The van der Waals surface area contributed by atoms with Crippen molar-refractivity contribution in [1.29, 1.82) is 0 Å². The summed E-state index contributed by atoms with van der Waals surface area (Å²) in [5.74, 6) is 0.795. The predicted octanol–water partition coefficient (Wildman–Crippen LogP) is 1.55. The number of carbonyl (C=O) groups is 2. The average Bonchev–Trinajstić information content (AvgIpc) is 3.27. The Bertz CT molecular complexity index is 1150. The van der Waals surface area contributed by atoms with Crippen LogP contribution >= 0.6 is 0 Å². The molecule has 0 atom stereocenters. The summed E-state index contributed by atoms with van der Waals surface area (Å²) >= 11 is 0. The Morgan fingerprint density at radius 1 is 1.16 bits per heavy atom. The number of rotatable bonds is 6. The number of benzene rings is 1. The van der Waals surface area contributed by atoms with Crippen LogP contribution in [0.1, 0.15) is 30.9 Å². The van der Waals surface area contributed by atoms with E-state index in [4.69, 9.17) is 9.15 Å². The molecule has 0 radical (unpaired) electrons. The molecule has 1 fully saturated rings. The van der Waals surface area contributed by atoms with Gasteiger partial charge in [-0.15, -0.1) is 0 Å². The maximum Gasteiger partial charge on any atom is 0.243 e. The molecule has 172 valence electrons. The van der Waals surface area contributed by atoms with E-state index in [2.05, 4.69) is 5.32 Å². The molecular formula is C22H27N3O6S. The number of carbonyl (C=O) groups excluding carboxylic acids is 2. The summed E-state index contributed by atoms with van der Waals surface area (Å²) in [6, 6.07) is 8.26. The summed E-state index contributed by atoms with van der Waals surface area (Å²) in [7, 11) is -3.70. The molecule has 2 aliphatic heterocycles. The van der Waals surface area contributed by atoms with Crippen molar-refractivity contribution in [1.82, 2.24) is 9.62 Å². The molecule has 1 aromatic carbocycles. The molecule has 4 rings (SSSR count). The molecule has 2 amide bonds. The van der Waals surface area contributed by atoms with Crippen LogP contribution in [-0.2, 0) is 36.3 Å². The van der Waals surface area contributed by atoms with Crippen LogP contribution in [0.2, 0.25) is 0 Å². The number of sulfonamides is 1. The number of nitrogens with one attached hydrogen (secondary N) is 1. The van der Waals surface area contributed by atoms with Crippen molar-refractivity contribution in [2.24, 2.45) is 0 Å². The molecule has 1 saturated heterocycles. The summed E-state index contributed by atoms with van der Waals surface area (Å²) < 4.78 is 38.2. The predicted molar refractivity (Wildman–Crippen MR) is 117 cm³/mol. The zero-order valence-corrected chi connectivity index (χ0v) is 19.2. The highest BCUT2D eigenvalue weighted by Crippen LogP contribution is 2.42. The molecule has 1 N–H and O–H groups in total. The second-order valence-corrected chi connectivity index (χ2v) is 10.4. The molecule has 2 aromatic rings. The summed E-state index contributed by atoms with van der Waals surface area (Å²) in [5.41, 5.74) is 0.181. The van der Waals surface area contributed by atoms with Gasteiger partial charge in [-0.05, 0) is 56.7 Å². The lowest BCUT2D eigenvalue weighted by Gasteiger charge is -2.26. The van der Waals surface area contributed by atoms with E-state index in [1.54, 1.807) is 32.0 Å². The van der Waals surface area contributed by atoms with E-state index >= 15 is 0 Å². The third kappa shape index (κ3) is 4.05. The Labute approximate surface area is 187 Å². The van der Waals surface area contributed by atoms with Gasteiger partial charge < -0.3 is 19.4 Å². The Hall–Kier alpha value is -2.69. The number of aryl methyl sites for hydroxylation is 1. The largest absolute Gasteiger partial charge is 0.465 e. The molecule has 9 nitrogen and oxygen atoms in total. The van der Waals surface area contributed by atoms with Gasteiger partial charge in [-0.2, -0.15) is 4.31 Å². The number of anilines is 1. The molecular weight excluding hydrogens is 434 g/mol. The van der Waals surface area contributed by atoms with E-state index in [1.807, 2.05) is 13.0 Å². The van der Waals surface area contributed by atoms with Crippen LogP contribution in [0.3, 0.4) is 0 Å². The Balaban J connectivity index is 1.55. The molecule has 0 spiro atoms. The fourth-order valence-corrected chi connectivity index (χ4v) is 5.47. The lowest BCUT2D eigenvalue weighted by Crippen LogP contribution is -2.42. The van der Waals surface area contributed by atoms with E-state index in [1.165, 1.54) is 15.3 Å². The number of morpholine rings is 1. The summed E-state index contributed by atoms with van der Waals surface area (Å²) in [6.07, 6.45) is 0. The zero-order valence-electron chi connectivity index (χ0n) is 18.4. The number of ether oxygens (including phenoxy) is 1. The molecule has 32 heavy (non-hydrogen) atoms. The van der Waals surface area contributed by atoms with Gasteiger partial charge in [0.2, 0.25) is 21.8 Å². The third-order valence-electron chi connectivity index (χ3n) is 5.88. The van der Waals surface area contributed by atoms with Crippen LogP contribution in [0.5, 0.6) is 0 Å². The first-order valence-electron chi connectivity index (χ1n) is 10.5. The SMILES string of the molecule is Cc1ccc(CNC(=O)CN2C(=O)C(C)(C)c3cc(S(=O)(=O)N4CCOCC4)ccc32)o1. The number of nitrogens with zero attached hydrogens (tertiary/aromatic N) is 2. The molecule has 10 heteroatoms. The van der Waals surface area contributed by atoms with Gasteiger partial charge in [0, 0.05) is 18.8 Å². The van der Waals surface area contributed by atoms with E-state index in [0.29, 0.717) is 43.3 Å². The van der Waals surface area contributed by atoms with Gasteiger partial charge in [-0.25, -0.2) is 8.42 Å². The number of amides is 2. The van der Waals surface area contributed by atoms with Crippen LogP contribution < -0.4 is 10.2 Å². The van der Waals surface area contributed by atoms with E-state index < -0.39 is 15.4 Å². The van der Waals surface area contributed by atoms with Crippen molar-refractivity contribution in [3.05, 3.63) is 47.4 Å². The van der Waals surface area contributed by atoms with Crippen LogP contribution in [0.4, 0.5) is 5.69 Å². The van der Waals surface area contributed by atoms with Gasteiger partial charge in [0.1, 0.15) is 18.1 Å². The van der Waals surface area contributed by atoms with Crippen molar-refractivity contribution in [2.75, 3.05) is 37.7 Å². The standard InChI is InChI=1S/C22H27N3O6S/c1-15-4-5-16(31-15)13-23-20(26)14-25-19-7-6-17(12-18(19)22(2,3)21(25)27)32(28,29)24-8-10-30-11-9-24/h4-7,12H,8-11,13-14H2,1-3H3,(H,23,26). The molecule has 0 bridgehead atoms. The first-order chi connectivity index (χ1) is 15.1. The maximum atomic E-state index is 13.1. The third-order valence-corrected chi connectivity index (χ3v) is 7.77. The van der Waals surface area contributed by atoms with Gasteiger partial charge in [0.25, 0.3) is 0 Å². The van der Waals surface area contributed by atoms with Crippen molar-refractivity contribution in [3.8, 4) is 0 Å². The highest BCUT2D eigenvalue weighted by molar-refractivity contribution is 7.89. The minimum absolute atomic E-state index is 0.138. The number of fused-ring (bicyclic) bond motifs is 1. The minimum atomic E-state index is -3.70. The summed E-state index contributed by atoms with van der Waals surface area (Å²) in [6.45, 7) is 6.66. The number of furan rings is 1. The lowest BCUT2D eigenvalue weighted by molar-refractivity contribution is -0.125. The second-order valence-electron chi connectivity index (χ2n) is 8.50. The van der Waals surface area contributed by atoms with E-state index in [0.717, 1.165) is 5.76 Å². The molecule has 0 aliphatic carbocycles. The van der Waals surface area contributed by atoms with Gasteiger partial charge in [0.15, 0.2) is 0 Å². The van der Waals surface area contributed by atoms with Crippen LogP contribution in [-0.4, -0.2) is 57.4 Å². The summed E-state index contributed by atoms with van der Waals surface area (Å²) in [5, 5.41) is 2.76. The van der Waals surface area contributed by atoms with Crippen LogP contribution in [0, 0.1) is 6.92 Å². The minimum Gasteiger partial charge on any atom is -0.465 e.